The Hall–Kier alpha value is -3.34. The summed E-state index contributed by atoms with van der Waals surface area (Å²) in [5, 5.41) is 3.30. The lowest BCUT2D eigenvalue weighted by Gasteiger charge is -2.27. The van der Waals surface area contributed by atoms with E-state index in [2.05, 4.69) is 21.1 Å². The molecule has 34 heavy (non-hydrogen) atoms. The van der Waals surface area contributed by atoms with Crippen LogP contribution in [-0.4, -0.2) is 78.1 Å². The maximum atomic E-state index is 13.2. The molecule has 0 unspecified atom stereocenters. The molecular formula is C24H27N5O4S. The van der Waals surface area contributed by atoms with Gasteiger partial charge >= 0.3 is 0 Å². The van der Waals surface area contributed by atoms with Crippen LogP contribution in [0.15, 0.2) is 54.6 Å². The Labute approximate surface area is 203 Å². The zero-order valence-electron chi connectivity index (χ0n) is 18.7. The van der Waals surface area contributed by atoms with Crippen molar-refractivity contribution in [3.8, 4) is 0 Å². The van der Waals surface area contributed by atoms with Gasteiger partial charge in [-0.15, -0.1) is 0 Å². The van der Waals surface area contributed by atoms with E-state index in [9.17, 15) is 14.4 Å². The molecule has 0 bridgehead atoms. The molecule has 3 N–H and O–H groups in total. The fourth-order valence-corrected chi connectivity index (χ4v) is 4.18. The van der Waals surface area contributed by atoms with Crippen molar-refractivity contribution in [2.75, 3.05) is 39.4 Å². The summed E-state index contributed by atoms with van der Waals surface area (Å²) in [6.45, 7) is 4.59. The van der Waals surface area contributed by atoms with Gasteiger partial charge in [-0.2, -0.15) is 0 Å². The summed E-state index contributed by atoms with van der Waals surface area (Å²) in [6.07, 6.45) is 0.178. The number of morpholine rings is 1. The molecule has 4 rings (SSSR count). The standard InChI is InChI=1S/C24H27N5O4S/c30-21(26-27-24(34)25-10-11-28-12-14-33-15-13-28)20(16-17-6-2-1-3-7-17)29-22(31)18-8-4-5-9-19(18)23(29)32/h1-9,20H,10-16H2,(H,26,30)(H2,25,27,34)/t20-/m0/s1. The zero-order chi connectivity index (χ0) is 23.9. The summed E-state index contributed by atoms with van der Waals surface area (Å²) in [7, 11) is 0. The minimum absolute atomic E-state index is 0.178. The second-order valence-corrected chi connectivity index (χ2v) is 8.46. The first-order valence-electron chi connectivity index (χ1n) is 11.2. The minimum Gasteiger partial charge on any atom is -0.379 e. The molecule has 178 valence electrons. The Balaban J connectivity index is 1.39. The number of thiocarbonyl (C=S) groups is 1. The van der Waals surface area contributed by atoms with Gasteiger partial charge in [-0.05, 0) is 29.9 Å². The van der Waals surface area contributed by atoms with Crippen LogP contribution in [0.4, 0.5) is 0 Å². The van der Waals surface area contributed by atoms with Gasteiger partial charge in [-0.25, -0.2) is 0 Å². The molecule has 1 saturated heterocycles. The summed E-state index contributed by atoms with van der Waals surface area (Å²) >= 11 is 5.27. The highest BCUT2D eigenvalue weighted by atomic mass is 32.1. The molecule has 3 amide bonds. The predicted molar refractivity (Wildman–Crippen MR) is 130 cm³/mol. The number of ether oxygens (including phenoxy) is 1. The summed E-state index contributed by atoms with van der Waals surface area (Å²) < 4.78 is 5.34. The number of carbonyl (C=O) groups excluding carboxylic acids is 3. The molecule has 1 atom stereocenters. The van der Waals surface area contributed by atoms with Gasteiger partial charge in [0, 0.05) is 32.6 Å². The van der Waals surface area contributed by atoms with Crippen LogP contribution < -0.4 is 16.2 Å². The minimum atomic E-state index is -1.04. The monoisotopic (exact) mass is 481 g/mol. The third-order valence-corrected chi connectivity index (χ3v) is 6.07. The van der Waals surface area contributed by atoms with Crippen LogP contribution in [0.5, 0.6) is 0 Å². The number of hydrogen-bond donors (Lipinski definition) is 3. The maximum Gasteiger partial charge on any atom is 0.262 e. The topological polar surface area (TPSA) is 103 Å². The fourth-order valence-electron chi connectivity index (χ4n) is 4.03. The summed E-state index contributed by atoms with van der Waals surface area (Å²) in [6, 6.07) is 14.8. The molecular weight excluding hydrogens is 454 g/mol. The Morgan fingerprint density at radius 3 is 2.21 bits per heavy atom. The fraction of sp³-hybridized carbons (Fsp3) is 0.333. The van der Waals surface area contributed by atoms with E-state index < -0.39 is 23.8 Å². The molecule has 2 heterocycles. The summed E-state index contributed by atoms with van der Waals surface area (Å²) in [5.74, 6) is -1.50. The lowest BCUT2D eigenvalue weighted by molar-refractivity contribution is -0.125. The quantitative estimate of drug-likeness (QED) is 0.302. The number of nitrogens with one attached hydrogen (secondary N) is 3. The van der Waals surface area contributed by atoms with Crippen LogP contribution in [0.25, 0.3) is 0 Å². The van der Waals surface area contributed by atoms with Crippen molar-refractivity contribution >= 4 is 35.1 Å². The molecule has 9 nitrogen and oxygen atoms in total. The number of nitrogens with zero attached hydrogens (tertiary/aromatic N) is 2. The van der Waals surface area contributed by atoms with E-state index in [0.717, 1.165) is 43.3 Å². The van der Waals surface area contributed by atoms with Gasteiger partial charge in [-0.1, -0.05) is 42.5 Å². The molecule has 0 aromatic heterocycles. The van der Waals surface area contributed by atoms with Crippen molar-refractivity contribution in [1.82, 2.24) is 26.0 Å². The molecule has 2 aromatic carbocycles. The number of hydrazine groups is 1. The average Bonchev–Trinajstić information content (AvgIpc) is 3.12. The van der Waals surface area contributed by atoms with Gasteiger partial charge in [0.2, 0.25) is 0 Å². The molecule has 2 aliphatic rings. The van der Waals surface area contributed by atoms with Gasteiger partial charge in [0.05, 0.1) is 24.3 Å². The van der Waals surface area contributed by atoms with E-state index in [1.54, 1.807) is 24.3 Å². The predicted octanol–water partition coefficient (Wildman–Crippen LogP) is 0.721. The van der Waals surface area contributed by atoms with Crippen molar-refractivity contribution in [2.24, 2.45) is 0 Å². The van der Waals surface area contributed by atoms with Crippen LogP contribution in [0.1, 0.15) is 26.3 Å². The number of imide groups is 1. The Morgan fingerprint density at radius 2 is 1.56 bits per heavy atom. The number of benzene rings is 2. The zero-order valence-corrected chi connectivity index (χ0v) is 19.5. The number of carbonyl (C=O) groups is 3. The second-order valence-electron chi connectivity index (χ2n) is 8.06. The summed E-state index contributed by atoms with van der Waals surface area (Å²) in [5.41, 5.74) is 6.67. The Kier molecular flexibility index (Phi) is 7.84. The number of fused-ring (bicyclic) bond motifs is 1. The SMILES string of the molecule is O=C(NNC(=S)NCCN1CCOCC1)[C@H](Cc1ccccc1)N1C(=O)c2ccccc2C1=O. The lowest BCUT2D eigenvalue weighted by Crippen LogP contribution is -2.56. The van der Waals surface area contributed by atoms with Gasteiger partial charge in [-0.3, -0.25) is 35.0 Å². The highest BCUT2D eigenvalue weighted by Gasteiger charge is 2.42. The maximum absolute atomic E-state index is 13.2. The van der Waals surface area contributed by atoms with E-state index in [-0.39, 0.29) is 11.5 Å². The summed E-state index contributed by atoms with van der Waals surface area (Å²) in [4.78, 5) is 42.5. The Morgan fingerprint density at radius 1 is 0.941 bits per heavy atom. The van der Waals surface area contributed by atoms with E-state index >= 15 is 0 Å². The average molecular weight is 482 g/mol. The van der Waals surface area contributed by atoms with E-state index in [4.69, 9.17) is 17.0 Å². The highest BCUT2D eigenvalue weighted by Crippen LogP contribution is 2.26. The van der Waals surface area contributed by atoms with Crippen molar-refractivity contribution in [3.05, 3.63) is 71.3 Å². The molecule has 0 aliphatic carbocycles. The van der Waals surface area contributed by atoms with Gasteiger partial charge in [0.1, 0.15) is 6.04 Å². The van der Waals surface area contributed by atoms with E-state index in [0.29, 0.717) is 17.7 Å². The van der Waals surface area contributed by atoms with Crippen molar-refractivity contribution in [3.63, 3.8) is 0 Å². The van der Waals surface area contributed by atoms with Crippen molar-refractivity contribution in [1.29, 1.82) is 0 Å². The van der Waals surface area contributed by atoms with Crippen LogP contribution in [0.2, 0.25) is 0 Å². The highest BCUT2D eigenvalue weighted by molar-refractivity contribution is 7.80. The third kappa shape index (κ3) is 5.58. The van der Waals surface area contributed by atoms with E-state index in [1.165, 1.54) is 0 Å². The third-order valence-electron chi connectivity index (χ3n) is 5.83. The normalized spacial score (nSPS) is 16.6. The lowest BCUT2D eigenvalue weighted by atomic mass is 10.0. The molecule has 1 fully saturated rings. The van der Waals surface area contributed by atoms with Crippen LogP contribution in [0.3, 0.4) is 0 Å². The first-order valence-corrected chi connectivity index (χ1v) is 11.6. The first-order chi connectivity index (χ1) is 16.5. The molecule has 10 heteroatoms. The number of amides is 3. The van der Waals surface area contributed by atoms with Crippen LogP contribution >= 0.6 is 12.2 Å². The largest absolute Gasteiger partial charge is 0.379 e. The van der Waals surface area contributed by atoms with Crippen molar-refractivity contribution in [2.45, 2.75) is 12.5 Å². The van der Waals surface area contributed by atoms with Gasteiger partial charge in [0.15, 0.2) is 5.11 Å². The van der Waals surface area contributed by atoms with Gasteiger partial charge < -0.3 is 10.1 Å². The van der Waals surface area contributed by atoms with Gasteiger partial charge in [0.25, 0.3) is 17.7 Å². The van der Waals surface area contributed by atoms with Crippen LogP contribution in [-0.2, 0) is 16.0 Å². The molecule has 0 saturated carbocycles. The van der Waals surface area contributed by atoms with E-state index in [1.807, 2.05) is 30.3 Å². The molecule has 2 aromatic rings. The molecule has 0 radical (unpaired) electrons. The smallest absolute Gasteiger partial charge is 0.262 e. The Bertz CT molecular complexity index is 1020. The first kappa shape index (κ1) is 23.8. The second kappa shape index (κ2) is 11.2. The number of rotatable bonds is 7. The van der Waals surface area contributed by atoms with Crippen molar-refractivity contribution < 1.29 is 19.1 Å². The number of hydrogen-bond acceptors (Lipinski definition) is 6. The molecule has 2 aliphatic heterocycles. The van der Waals surface area contributed by atoms with Crippen LogP contribution in [0, 0.1) is 0 Å². The molecule has 0 spiro atoms.